The largest absolute Gasteiger partial charge is 0.395 e. The molecule has 0 saturated carbocycles. The molecule has 0 aliphatic heterocycles. The van der Waals surface area contributed by atoms with Gasteiger partial charge in [-0.1, -0.05) is 34.8 Å². The zero-order valence-corrected chi connectivity index (χ0v) is 10.7. The predicted molar refractivity (Wildman–Crippen MR) is 66.5 cm³/mol. The van der Waals surface area contributed by atoms with Crippen LogP contribution in [0.3, 0.4) is 0 Å². The van der Waals surface area contributed by atoms with Crippen LogP contribution in [0.2, 0.25) is 15.1 Å². The van der Waals surface area contributed by atoms with E-state index in [2.05, 4.69) is 5.32 Å². The van der Waals surface area contributed by atoms with E-state index < -0.39 is 0 Å². The standard InChI is InChI=1S/C10H6Cl3N3O/c11-7-5(3-14)8(12)9(13)10(6(7)4-15)16-1-2-17/h16-17H,1-2H2. The molecule has 0 radical (unpaired) electrons. The predicted octanol–water partition coefficient (Wildman–Crippen LogP) is 2.79. The number of nitriles is 2. The van der Waals surface area contributed by atoms with Crippen LogP contribution >= 0.6 is 34.8 Å². The lowest BCUT2D eigenvalue weighted by Gasteiger charge is -2.13. The molecule has 4 nitrogen and oxygen atoms in total. The summed E-state index contributed by atoms with van der Waals surface area (Å²) in [4.78, 5) is 0. The van der Waals surface area contributed by atoms with E-state index >= 15 is 0 Å². The van der Waals surface area contributed by atoms with Crippen molar-refractivity contribution in [2.24, 2.45) is 0 Å². The topological polar surface area (TPSA) is 79.8 Å². The Bertz CT molecular complexity index is 531. The van der Waals surface area contributed by atoms with Crippen molar-refractivity contribution >= 4 is 40.5 Å². The molecule has 0 aliphatic rings. The first-order valence-electron chi connectivity index (χ1n) is 4.43. The summed E-state index contributed by atoms with van der Waals surface area (Å²) in [5.74, 6) is 0. The van der Waals surface area contributed by atoms with Crippen LogP contribution in [-0.2, 0) is 0 Å². The molecule has 17 heavy (non-hydrogen) atoms. The maximum atomic E-state index is 8.99. The summed E-state index contributed by atoms with van der Waals surface area (Å²) in [6.45, 7) is 0.0450. The lowest BCUT2D eigenvalue weighted by atomic mass is 10.1. The Labute approximate surface area is 113 Å². The Kier molecular flexibility index (Phi) is 4.86. The Morgan fingerprint density at radius 3 is 2.06 bits per heavy atom. The molecular formula is C10H6Cl3N3O. The number of rotatable bonds is 3. The molecule has 0 spiro atoms. The van der Waals surface area contributed by atoms with Crippen LogP contribution < -0.4 is 5.32 Å². The van der Waals surface area contributed by atoms with Gasteiger partial charge in [0.1, 0.15) is 12.1 Å². The molecule has 0 atom stereocenters. The summed E-state index contributed by atoms with van der Waals surface area (Å²) >= 11 is 17.7. The van der Waals surface area contributed by atoms with Gasteiger partial charge in [0.2, 0.25) is 0 Å². The SMILES string of the molecule is N#Cc1c(Cl)c(Cl)c(NCCO)c(C#N)c1Cl. The van der Waals surface area contributed by atoms with Gasteiger partial charge in [-0.2, -0.15) is 10.5 Å². The maximum Gasteiger partial charge on any atom is 0.103 e. The molecular weight excluding hydrogens is 284 g/mol. The first kappa shape index (κ1) is 13.9. The van der Waals surface area contributed by atoms with E-state index in [4.69, 9.17) is 50.4 Å². The van der Waals surface area contributed by atoms with E-state index in [1.165, 1.54) is 0 Å². The third kappa shape index (κ3) is 2.57. The highest BCUT2D eigenvalue weighted by atomic mass is 35.5. The first-order chi connectivity index (χ1) is 8.08. The molecule has 7 heteroatoms. The lowest BCUT2D eigenvalue weighted by molar-refractivity contribution is 0.311. The van der Waals surface area contributed by atoms with Crippen molar-refractivity contribution in [2.45, 2.75) is 0 Å². The number of hydrogen-bond donors (Lipinski definition) is 2. The Balaban J connectivity index is 3.51. The number of aliphatic hydroxyl groups is 1. The second kappa shape index (κ2) is 5.95. The first-order valence-corrected chi connectivity index (χ1v) is 5.57. The number of benzene rings is 1. The van der Waals surface area contributed by atoms with Gasteiger partial charge < -0.3 is 10.4 Å². The molecule has 0 fully saturated rings. The molecule has 0 unspecified atom stereocenters. The highest BCUT2D eigenvalue weighted by molar-refractivity contribution is 6.46. The van der Waals surface area contributed by atoms with E-state index in [0.29, 0.717) is 0 Å². The number of hydrogen-bond acceptors (Lipinski definition) is 4. The number of anilines is 1. The summed E-state index contributed by atoms with van der Waals surface area (Å²) in [7, 11) is 0. The second-order valence-corrected chi connectivity index (χ2v) is 4.07. The van der Waals surface area contributed by atoms with Gasteiger partial charge in [0.05, 0.1) is 38.5 Å². The van der Waals surface area contributed by atoms with Crippen molar-refractivity contribution in [3.05, 3.63) is 26.2 Å². The monoisotopic (exact) mass is 289 g/mol. The van der Waals surface area contributed by atoms with Crippen LogP contribution in [0, 0.1) is 22.7 Å². The molecule has 1 rings (SSSR count). The number of aliphatic hydroxyl groups excluding tert-OH is 1. The zero-order chi connectivity index (χ0) is 13.0. The molecule has 0 aliphatic carbocycles. The third-order valence-electron chi connectivity index (χ3n) is 1.96. The second-order valence-electron chi connectivity index (χ2n) is 2.94. The summed E-state index contributed by atoms with van der Waals surface area (Å²) in [6.07, 6.45) is 0. The number of halogens is 3. The van der Waals surface area contributed by atoms with Crippen molar-refractivity contribution in [3.8, 4) is 12.1 Å². The molecule has 88 valence electrons. The molecule has 1 aromatic rings. The van der Waals surface area contributed by atoms with Crippen LogP contribution in [0.25, 0.3) is 0 Å². The Morgan fingerprint density at radius 2 is 1.59 bits per heavy atom. The highest BCUT2D eigenvalue weighted by Gasteiger charge is 2.20. The number of nitrogens with zero attached hydrogens (tertiary/aromatic N) is 2. The Morgan fingerprint density at radius 1 is 1.00 bits per heavy atom. The normalized spacial score (nSPS) is 9.53. The van der Waals surface area contributed by atoms with E-state index in [0.717, 1.165) is 0 Å². The van der Waals surface area contributed by atoms with Crippen LogP contribution in [0.1, 0.15) is 11.1 Å². The van der Waals surface area contributed by atoms with E-state index in [1.54, 1.807) is 6.07 Å². The van der Waals surface area contributed by atoms with Crippen LogP contribution in [0.15, 0.2) is 0 Å². The summed E-state index contributed by atoms with van der Waals surface area (Å²) in [5.41, 5.74) is 0.215. The summed E-state index contributed by atoms with van der Waals surface area (Å²) in [6, 6.07) is 3.63. The van der Waals surface area contributed by atoms with Gasteiger partial charge >= 0.3 is 0 Å². The molecule has 0 heterocycles. The molecule has 0 aromatic heterocycles. The van der Waals surface area contributed by atoms with Gasteiger partial charge in [-0.25, -0.2) is 0 Å². The highest BCUT2D eigenvalue weighted by Crippen LogP contribution is 2.40. The van der Waals surface area contributed by atoms with Gasteiger partial charge in [0.15, 0.2) is 0 Å². The van der Waals surface area contributed by atoms with Gasteiger partial charge in [-0.3, -0.25) is 0 Å². The maximum absolute atomic E-state index is 8.99. The molecule has 0 saturated heterocycles. The van der Waals surface area contributed by atoms with Gasteiger partial charge in [-0.05, 0) is 0 Å². The summed E-state index contributed by atoms with van der Waals surface area (Å²) in [5, 5.41) is 29.3. The lowest BCUT2D eigenvalue weighted by Crippen LogP contribution is -2.08. The Hall–Kier alpha value is -1.17. The summed E-state index contributed by atoms with van der Waals surface area (Å²) < 4.78 is 0. The van der Waals surface area contributed by atoms with E-state index in [1.807, 2.05) is 6.07 Å². The average Bonchev–Trinajstić information content (AvgIpc) is 2.32. The number of nitrogens with one attached hydrogen (secondary N) is 1. The minimum Gasteiger partial charge on any atom is -0.395 e. The molecule has 2 N–H and O–H groups in total. The zero-order valence-electron chi connectivity index (χ0n) is 8.39. The molecule has 0 amide bonds. The quantitative estimate of drug-likeness (QED) is 0.839. The fourth-order valence-electron chi connectivity index (χ4n) is 1.21. The van der Waals surface area contributed by atoms with E-state index in [9.17, 15) is 0 Å². The van der Waals surface area contributed by atoms with Crippen molar-refractivity contribution in [2.75, 3.05) is 18.5 Å². The fourth-order valence-corrected chi connectivity index (χ4v) is 2.02. The van der Waals surface area contributed by atoms with Crippen LogP contribution in [-0.4, -0.2) is 18.3 Å². The fraction of sp³-hybridized carbons (Fsp3) is 0.200. The smallest absolute Gasteiger partial charge is 0.103 e. The van der Waals surface area contributed by atoms with Gasteiger partial charge in [0.25, 0.3) is 0 Å². The minimum atomic E-state index is -0.142. The van der Waals surface area contributed by atoms with E-state index in [-0.39, 0.29) is 45.0 Å². The third-order valence-corrected chi connectivity index (χ3v) is 3.19. The average molecular weight is 291 g/mol. The molecule has 1 aromatic carbocycles. The van der Waals surface area contributed by atoms with Crippen molar-refractivity contribution in [3.63, 3.8) is 0 Å². The molecule has 0 bridgehead atoms. The van der Waals surface area contributed by atoms with Gasteiger partial charge in [-0.15, -0.1) is 0 Å². The van der Waals surface area contributed by atoms with Crippen LogP contribution in [0.4, 0.5) is 5.69 Å². The minimum absolute atomic E-state index is 0.0152. The van der Waals surface area contributed by atoms with Crippen LogP contribution in [0.5, 0.6) is 0 Å². The van der Waals surface area contributed by atoms with Gasteiger partial charge in [0, 0.05) is 6.54 Å². The van der Waals surface area contributed by atoms with Crippen molar-refractivity contribution < 1.29 is 5.11 Å². The van der Waals surface area contributed by atoms with Crippen molar-refractivity contribution in [1.29, 1.82) is 10.5 Å². The van der Waals surface area contributed by atoms with Crippen molar-refractivity contribution in [1.82, 2.24) is 0 Å².